The van der Waals surface area contributed by atoms with Crippen LogP contribution in [-0.4, -0.2) is 4.57 Å². The second-order valence-corrected chi connectivity index (χ2v) is 14.7. The van der Waals surface area contributed by atoms with E-state index in [1.807, 2.05) is 0 Å². The number of hydrogen-bond donors (Lipinski definition) is 0. The van der Waals surface area contributed by atoms with Gasteiger partial charge in [-0.05, 0) is 113 Å². The highest BCUT2D eigenvalue weighted by molar-refractivity contribution is 6.11. The van der Waals surface area contributed by atoms with Gasteiger partial charge in [-0.2, -0.15) is 0 Å². The number of fused-ring (bicyclic) bond motifs is 5. The Bertz CT molecular complexity index is 2760. The average molecular weight is 694 g/mol. The maximum absolute atomic E-state index is 2.47. The summed E-state index contributed by atoms with van der Waals surface area (Å²) in [5.41, 5.74) is 15.3. The standard InChI is InChI=1S/C51H39N3/c1-51(2)45-26-13-15-28-49(45)54(42-30-32-48-44(35-42)43-25-12-14-27-47(43)53(48)40-22-10-5-11-23-40)50-31-29-37(34-46(50)51)36-17-16-24-41(33-36)52(38-18-6-3-7-19-38)39-20-8-4-9-21-39/h3-35H,1-2H3. The molecule has 0 atom stereocenters. The number of para-hydroxylation sites is 5. The van der Waals surface area contributed by atoms with Gasteiger partial charge in [0, 0.05) is 44.6 Å². The maximum atomic E-state index is 2.47. The van der Waals surface area contributed by atoms with Crippen LogP contribution in [0, 0.1) is 0 Å². The molecule has 3 nitrogen and oxygen atoms in total. The summed E-state index contributed by atoms with van der Waals surface area (Å²) in [6.45, 7) is 4.73. The van der Waals surface area contributed by atoms with Crippen molar-refractivity contribution in [3.8, 4) is 16.8 Å². The second kappa shape index (κ2) is 12.7. The Hall–Kier alpha value is -6.84. The molecule has 2 heterocycles. The highest BCUT2D eigenvalue weighted by Gasteiger charge is 2.37. The number of anilines is 6. The Kier molecular flexibility index (Phi) is 7.48. The molecule has 0 unspecified atom stereocenters. The molecular weight excluding hydrogens is 655 g/mol. The Labute approximate surface area is 316 Å². The van der Waals surface area contributed by atoms with Crippen LogP contribution in [0.4, 0.5) is 34.1 Å². The third kappa shape index (κ3) is 5.12. The van der Waals surface area contributed by atoms with Crippen LogP contribution >= 0.6 is 0 Å². The number of hydrogen-bond acceptors (Lipinski definition) is 2. The van der Waals surface area contributed by atoms with E-state index in [1.54, 1.807) is 0 Å². The van der Waals surface area contributed by atoms with Crippen LogP contribution < -0.4 is 9.80 Å². The lowest BCUT2D eigenvalue weighted by Crippen LogP contribution is -2.30. The second-order valence-electron chi connectivity index (χ2n) is 14.7. The first-order valence-electron chi connectivity index (χ1n) is 18.7. The summed E-state index contributed by atoms with van der Waals surface area (Å²) >= 11 is 0. The molecule has 0 aliphatic carbocycles. The fourth-order valence-electron chi connectivity index (χ4n) is 8.54. The molecule has 54 heavy (non-hydrogen) atoms. The molecule has 0 bridgehead atoms. The van der Waals surface area contributed by atoms with Crippen LogP contribution in [0.1, 0.15) is 25.0 Å². The van der Waals surface area contributed by atoms with E-state index in [0.717, 1.165) is 22.7 Å². The van der Waals surface area contributed by atoms with Crippen molar-refractivity contribution < 1.29 is 0 Å². The largest absolute Gasteiger partial charge is 0.310 e. The number of aromatic nitrogens is 1. The molecule has 0 fully saturated rings. The van der Waals surface area contributed by atoms with Gasteiger partial charge in [-0.1, -0.05) is 123 Å². The van der Waals surface area contributed by atoms with Crippen molar-refractivity contribution in [1.29, 1.82) is 0 Å². The summed E-state index contributed by atoms with van der Waals surface area (Å²) in [7, 11) is 0. The number of nitrogens with zero attached hydrogens (tertiary/aromatic N) is 3. The minimum Gasteiger partial charge on any atom is -0.310 e. The van der Waals surface area contributed by atoms with Gasteiger partial charge >= 0.3 is 0 Å². The smallest absolute Gasteiger partial charge is 0.0542 e. The number of rotatable bonds is 6. The van der Waals surface area contributed by atoms with E-state index in [0.29, 0.717) is 0 Å². The van der Waals surface area contributed by atoms with E-state index in [-0.39, 0.29) is 5.41 Å². The minimum absolute atomic E-state index is 0.219. The van der Waals surface area contributed by atoms with E-state index >= 15 is 0 Å². The SMILES string of the molecule is CC1(C)c2ccccc2N(c2ccc3c(c2)c2ccccc2n3-c2ccccc2)c2ccc(-c3cccc(N(c4ccccc4)c4ccccc4)c3)cc21. The van der Waals surface area contributed by atoms with Gasteiger partial charge in [0.1, 0.15) is 0 Å². The highest BCUT2D eigenvalue weighted by atomic mass is 15.2. The van der Waals surface area contributed by atoms with Crippen LogP contribution in [0.15, 0.2) is 200 Å². The van der Waals surface area contributed by atoms with Gasteiger partial charge < -0.3 is 14.4 Å². The summed E-state index contributed by atoms with van der Waals surface area (Å²) in [5.74, 6) is 0. The van der Waals surface area contributed by atoms with Crippen molar-refractivity contribution in [2.24, 2.45) is 0 Å². The molecule has 10 rings (SSSR count). The number of benzene rings is 8. The first-order chi connectivity index (χ1) is 26.6. The van der Waals surface area contributed by atoms with Gasteiger partial charge in [0.05, 0.1) is 22.4 Å². The van der Waals surface area contributed by atoms with Gasteiger partial charge in [0.15, 0.2) is 0 Å². The van der Waals surface area contributed by atoms with Crippen molar-refractivity contribution in [3.63, 3.8) is 0 Å². The Morgan fingerprint density at radius 3 is 1.74 bits per heavy atom. The van der Waals surface area contributed by atoms with Gasteiger partial charge in [0.2, 0.25) is 0 Å². The van der Waals surface area contributed by atoms with Crippen molar-refractivity contribution >= 4 is 55.9 Å². The zero-order valence-electron chi connectivity index (χ0n) is 30.4. The van der Waals surface area contributed by atoms with Gasteiger partial charge in [-0.25, -0.2) is 0 Å². The third-order valence-electron chi connectivity index (χ3n) is 11.1. The Balaban J connectivity index is 1.12. The molecule has 0 radical (unpaired) electrons. The molecule has 0 amide bonds. The minimum atomic E-state index is -0.219. The quantitative estimate of drug-likeness (QED) is 0.172. The molecule has 0 N–H and O–H groups in total. The van der Waals surface area contributed by atoms with E-state index < -0.39 is 0 Å². The third-order valence-corrected chi connectivity index (χ3v) is 11.1. The van der Waals surface area contributed by atoms with Crippen molar-refractivity contribution in [2.75, 3.05) is 9.80 Å². The lowest BCUT2D eigenvalue weighted by Gasteiger charge is -2.42. The molecule has 9 aromatic rings. The molecule has 3 heteroatoms. The molecule has 1 aromatic heterocycles. The van der Waals surface area contributed by atoms with Crippen LogP contribution in [0.3, 0.4) is 0 Å². The first-order valence-corrected chi connectivity index (χ1v) is 18.7. The van der Waals surface area contributed by atoms with Crippen LogP contribution in [0.2, 0.25) is 0 Å². The molecule has 0 spiro atoms. The lowest BCUT2D eigenvalue weighted by molar-refractivity contribution is 0.632. The summed E-state index contributed by atoms with van der Waals surface area (Å²) in [5, 5.41) is 2.49. The molecule has 1 aliphatic rings. The molecular formula is C51H39N3. The lowest BCUT2D eigenvalue weighted by atomic mass is 9.73. The van der Waals surface area contributed by atoms with Gasteiger partial charge in [-0.15, -0.1) is 0 Å². The maximum Gasteiger partial charge on any atom is 0.0542 e. The van der Waals surface area contributed by atoms with Crippen LogP contribution in [0.25, 0.3) is 38.6 Å². The zero-order valence-corrected chi connectivity index (χ0v) is 30.4. The van der Waals surface area contributed by atoms with E-state index in [9.17, 15) is 0 Å². The normalized spacial score (nSPS) is 13.1. The first kappa shape index (κ1) is 31.9. The molecule has 0 saturated carbocycles. The van der Waals surface area contributed by atoms with Crippen molar-refractivity contribution in [3.05, 3.63) is 211 Å². The predicted molar refractivity (Wildman–Crippen MR) is 228 cm³/mol. The van der Waals surface area contributed by atoms with Gasteiger partial charge in [0.25, 0.3) is 0 Å². The average Bonchev–Trinajstić information content (AvgIpc) is 3.56. The van der Waals surface area contributed by atoms with E-state index in [4.69, 9.17) is 0 Å². The van der Waals surface area contributed by atoms with Crippen molar-refractivity contribution in [1.82, 2.24) is 4.57 Å². The monoisotopic (exact) mass is 693 g/mol. The molecule has 1 aliphatic heterocycles. The fourth-order valence-corrected chi connectivity index (χ4v) is 8.54. The zero-order chi connectivity index (χ0) is 36.2. The van der Waals surface area contributed by atoms with Gasteiger partial charge in [-0.3, -0.25) is 0 Å². The summed E-state index contributed by atoms with van der Waals surface area (Å²) in [6.07, 6.45) is 0. The predicted octanol–water partition coefficient (Wildman–Crippen LogP) is 14.0. The van der Waals surface area contributed by atoms with Crippen molar-refractivity contribution in [2.45, 2.75) is 19.3 Å². The van der Waals surface area contributed by atoms with E-state index in [2.05, 4.69) is 228 Å². The highest BCUT2D eigenvalue weighted by Crippen LogP contribution is 2.53. The summed E-state index contributed by atoms with van der Waals surface area (Å²) < 4.78 is 2.38. The topological polar surface area (TPSA) is 11.4 Å². The molecule has 8 aromatic carbocycles. The van der Waals surface area contributed by atoms with Crippen LogP contribution in [-0.2, 0) is 5.41 Å². The summed E-state index contributed by atoms with van der Waals surface area (Å²) in [4.78, 5) is 4.80. The Morgan fingerprint density at radius 2 is 0.981 bits per heavy atom. The molecule has 258 valence electrons. The Morgan fingerprint density at radius 1 is 0.389 bits per heavy atom. The summed E-state index contributed by atoms with van der Waals surface area (Å²) in [6, 6.07) is 72.5. The fraction of sp³-hybridized carbons (Fsp3) is 0.0588. The van der Waals surface area contributed by atoms with E-state index in [1.165, 1.54) is 61.1 Å². The molecule has 0 saturated heterocycles. The van der Waals surface area contributed by atoms with Crippen LogP contribution in [0.5, 0.6) is 0 Å².